The van der Waals surface area contributed by atoms with Gasteiger partial charge in [-0.1, -0.05) is 121 Å². The maximum absolute atomic E-state index is 12.6. The van der Waals surface area contributed by atoms with Crippen LogP contribution in [0.1, 0.15) is 168 Å². The van der Waals surface area contributed by atoms with E-state index in [0.29, 0.717) is 25.0 Å². The molecule has 52 heavy (non-hydrogen) atoms. The first-order valence-electron chi connectivity index (χ1n) is 20.6. The Bertz CT molecular complexity index is 1020. The SMILES string of the molecule is CCCCC/C=C\C/C=C\CCCCCCCC(=O)O[C@H](COC(=O)CCCCCCCC1OC1C/C=C\CCCCC)COP(=O)(O)OCCN. The summed E-state index contributed by atoms with van der Waals surface area (Å²) in [5.74, 6) is -0.869. The molecule has 3 N–H and O–H groups in total. The van der Waals surface area contributed by atoms with Crippen molar-refractivity contribution >= 4 is 19.8 Å². The van der Waals surface area contributed by atoms with E-state index >= 15 is 0 Å². The van der Waals surface area contributed by atoms with Gasteiger partial charge in [-0.2, -0.15) is 0 Å². The van der Waals surface area contributed by atoms with Gasteiger partial charge >= 0.3 is 19.8 Å². The Hall–Kier alpha value is -1.81. The number of phosphoric ester groups is 1. The van der Waals surface area contributed by atoms with Crippen molar-refractivity contribution in [1.29, 1.82) is 0 Å². The predicted molar refractivity (Wildman–Crippen MR) is 210 cm³/mol. The third-order valence-electron chi connectivity index (χ3n) is 8.92. The molecule has 0 aromatic heterocycles. The number of nitrogens with two attached hydrogens (primary N) is 1. The molecule has 0 spiro atoms. The van der Waals surface area contributed by atoms with Crippen molar-refractivity contribution < 1.29 is 42.3 Å². The van der Waals surface area contributed by atoms with E-state index in [1.807, 2.05) is 0 Å². The molecule has 302 valence electrons. The van der Waals surface area contributed by atoms with Gasteiger partial charge in [0.2, 0.25) is 0 Å². The standard InChI is InChI=1S/C41H74NO9P/c1-3-5-7-9-11-12-13-14-15-16-17-18-19-23-28-32-41(44)50-37(36-49-52(45,46)48-34-33-42)35-47-40(43)31-27-24-20-22-26-30-39-38(51-39)29-25-21-10-8-6-4-2/h11-12,14-15,21,25,37-39H,3-10,13,16-20,22-24,26-36,42H2,1-2H3,(H,45,46)/b12-11-,15-14-,25-21-/t37-,38?,39?/m1/s1. The molecule has 3 unspecified atom stereocenters. The second kappa shape index (κ2) is 33.7. The number of hydrogen-bond donors (Lipinski definition) is 2. The normalized spacial score (nSPS) is 17.6. The lowest BCUT2D eigenvalue weighted by atomic mass is 10.1. The van der Waals surface area contributed by atoms with E-state index < -0.39 is 32.5 Å². The Morgan fingerprint density at radius 1 is 0.692 bits per heavy atom. The number of rotatable bonds is 37. The van der Waals surface area contributed by atoms with E-state index in [0.717, 1.165) is 83.5 Å². The highest BCUT2D eigenvalue weighted by Gasteiger charge is 2.36. The number of esters is 2. The molecular weight excluding hydrogens is 681 g/mol. The molecule has 0 aliphatic carbocycles. The number of carbonyl (C=O) groups excluding carboxylic acids is 2. The molecule has 0 aromatic rings. The lowest BCUT2D eigenvalue weighted by Crippen LogP contribution is -2.29. The second-order valence-electron chi connectivity index (χ2n) is 13.9. The Kier molecular flexibility index (Phi) is 31.3. The van der Waals surface area contributed by atoms with Gasteiger partial charge in [0.15, 0.2) is 6.10 Å². The van der Waals surface area contributed by atoms with Crippen molar-refractivity contribution in [1.82, 2.24) is 0 Å². The second-order valence-corrected chi connectivity index (χ2v) is 15.3. The molecule has 0 amide bonds. The van der Waals surface area contributed by atoms with Gasteiger partial charge in [-0.25, -0.2) is 4.57 Å². The number of carbonyl (C=O) groups is 2. The molecule has 1 aliphatic heterocycles. The van der Waals surface area contributed by atoms with Gasteiger partial charge < -0.3 is 24.8 Å². The lowest BCUT2D eigenvalue weighted by Gasteiger charge is -2.19. The van der Waals surface area contributed by atoms with Crippen LogP contribution in [0.3, 0.4) is 0 Å². The van der Waals surface area contributed by atoms with Crippen LogP contribution in [0, 0.1) is 0 Å². The van der Waals surface area contributed by atoms with Gasteiger partial charge in [-0.3, -0.25) is 18.6 Å². The molecule has 1 aliphatic rings. The zero-order chi connectivity index (χ0) is 38.0. The number of unbranched alkanes of at least 4 members (excludes halogenated alkanes) is 15. The number of phosphoric acid groups is 1. The van der Waals surface area contributed by atoms with Crippen molar-refractivity contribution in [3.05, 3.63) is 36.5 Å². The van der Waals surface area contributed by atoms with Crippen molar-refractivity contribution in [3.8, 4) is 0 Å². The van der Waals surface area contributed by atoms with Crippen LogP contribution in [0.4, 0.5) is 0 Å². The Morgan fingerprint density at radius 2 is 1.25 bits per heavy atom. The predicted octanol–water partition coefficient (Wildman–Crippen LogP) is 10.4. The number of ether oxygens (including phenoxy) is 3. The molecule has 1 saturated heterocycles. The topological polar surface area (TPSA) is 147 Å². The lowest BCUT2D eigenvalue weighted by molar-refractivity contribution is -0.161. The maximum Gasteiger partial charge on any atom is 0.472 e. The fourth-order valence-corrected chi connectivity index (χ4v) is 6.49. The van der Waals surface area contributed by atoms with Crippen molar-refractivity contribution in [2.45, 2.75) is 186 Å². The summed E-state index contributed by atoms with van der Waals surface area (Å²) in [5.41, 5.74) is 5.34. The summed E-state index contributed by atoms with van der Waals surface area (Å²) in [4.78, 5) is 34.8. The fraction of sp³-hybridized carbons (Fsp3) is 0.805. The van der Waals surface area contributed by atoms with Crippen LogP contribution in [-0.4, -0.2) is 61.5 Å². The van der Waals surface area contributed by atoms with Crippen molar-refractivity contribution in [2.24, 2.45) is 5.73 Å². The highest BCUT2D eigenvalue weighted by Crippen LogP contribution is 2.43. The van der Waals surface area contributed by atoms with Gasteiger partial charge in [0, 0.05) is 19.4 Å². The summed E-state index contributed by atoms with van der Waals surface area (Å²) in [5, 5.41) is 0. The van der Waals surface area contributed by atoms with Gasteiger partial charge in [-0.15, -0.1) is 0 Å². The third kappa shape index (κ3) is 30.6. The Balaban J connectivity index is 2.22. The zero-order valence-corrected chi connectivity index (χ0v) is 33.6. The average Bonchev–Trinajstić information content (AvgIpc) is 3.89. The fourth-order valence-electron chi connectivity index (χ4n) is 5.73. The number of hydrogen-bond acceptors (Lipinski definition) is 9. The van der Waals surface area contributed by atoms with Gasteiger partial charge in [-0.05, 0) is 70.6 Å². The molecule has 1 rings (SSSR count). The van der Waals surface area contributed by atoms with Crippen molar-refractivity contribution in [3.63, 3.8) is 0 Å². The molecule has 1 fully saturated rings. The Morgan fingerprint density at radius 3 is 1.88 bits per heavy atom. The first-order chi connectivity index (χ1) is 25.3. The van der Waals surface area contributed by atoms with E-state index in [1.54, 1.807) is 0 Å². The van der Waals surface area contributed by atoms with Crippen LogP contribution in [0.5, 0.6) is 0 Å². The number of allylic oxidation sites excluding steroid dienone is 5. The highest BCUT2D eigenvalue weighted by atomic mass is 31.2. The number of epoxide rings is 1. The maximum atomic E-state index is 12.6. The monoisotopic (exact) mass is 756 g/mol. The van der Waals surface area contributed by atoms with E-state index in [2.05, 4.69) is 50.3 Å². The smallest absolute Gasteiger partial charge is 0.462 e. The summed E-state index contributed by atoms with van der Waals surface area (Å²) in [6.45, 7) is 3.62. The van der Waals surface area contributed by atoms with Crippen LogP contribution in [-0.2, 0) is 37.4 Å². The molecular formula is C41H74NO9P. The summed E-state index contributed by atoms with van der Waals surface area (Å²) in [7, 11) is -4.39. The summed E-state index contributed by atoms with van der Waals surface area (Å²) >= 11 is 0. The first-order valence-corrected chi connectivity index (χ1v) is 22.1. The van der Waals surface area contributed by atoms with E-state index in [1.165, 1.54) is 44.9 Å². The van der Waals surface area contributed by atoms with E-state index in [-0.39, 0.29) is 32.6 Å². The average molecular weight is 756 g/mol. The van der Waals surface area contributed by atoms with Crippen LogP contribution >= 0.6 is 7.82 Å². The molecule has 0 bridgehead atoms. The van der Waals surface area contributed by atoms with Crippen molar-refractivity contribution in [2.75, 3.05) is 26.4 Å². The highest BCUT2D eigenvalue weighted by molar-refractivity contribution is 7.47. The van der Waals surface area contributed by atoms with Gasteiger partial charge in [0.05, 0.1) is 25.4 Å². The van der Waals surface area contributed by atoms with Gasteiger partial charge in [0.25, 0.3) is 0 Å². The third-order valence-corrected chi connectivity index (χ3v) is 9.91. The van der Waals surface area contributed by atoms with Crippen LogP contribution < -0.4 is 5.73 Å². The van der Waals surface area contributed by atoms with Gasteiger partial charge in [0.1, 0.15) is 6.61 Å². The molecule has 0 aromatic carbocycles. The zero-order valence-electron chi connectivity index (χ0n) is 32.7. The largest absolute Gasteiger partial charge is 0.472 e. The molecule has 4 atom stereocenters. The minimum Gasteiger partial charge on any atom is -0.462 e. The minimum atomic E-state index is -4.39. The van der Waals surface area contributed by atoms with Crippen LogP contribution in [0.2, 0.25) is 0 Å². The van der Waals surface area contributed by atoms with E-state index in [9.17, 15) is 19.0 Å². The molecule has 0 radical (unpaired) electrons. The molecule has 10 nitrogen and oxygen atoms in total. The van der Waals surface area contributed by atoms with E-state index in [4.69, 9.17) is 29.0 Å². The molecule has 0 saturated carbocycles. The summed E-state index contributed by atoms with van der Waals surface area (Å²) in [6.07, 6.45) is 37.6. The Labute approximate surface area is 316 Å². The quantitative estimate of drug-likeness (QED) is 0.0206. The molecule has 1 heterocycles. The summed E-state index contributed by atoms with van der Waals surface area (Å²) in [6, 6.07) is 0. The minimum absolute atomic E-state index is 0.0456. The summed E-state index contributed by atoms with van der Waals surface area (Å²) < 4.78 is 38.5. The van der Waals surface area contributed by atoms with Crippen LogP contribution in [0.25, 0.3) is 0 Å². The molecule has 11 heteroatoms. The first kappa shape index (κ1) is 48.2. The van der Waals surface area contributed by atoms with Crippen LogP contribution in [0.15, 0.2) is 36.5 Å².